The van der Waals surface area contributed by atoms with E-state index in [1.807, 2.05) is 26.0 Å². The third kappa shape index (κ3) is 4.91. The number of carbonyl (C=O) groups is 2. The van der Waals surface area contributed by atoms with Gasteiger partial charge in [-0.05, 0) is 60.4 Å². The lowest BCUT2D eigenvalue weighted by atomic mass is 9.97. The van der Waals surface area contributed by atoms with Crippen LogP contribution in [0.4, 0.5) is 5.69 Å². The van der Waals surface area contributed by atoms with E-state index < -0.39 is 16.9 Å². The first-order valence-electron chi connectivity index (χ1n) is 8.30. The second kappa shape index (κ2) is 8.77. The largest absolute Gasteiger partial charge is 0.478 e. The Kier molecular flexibility index (Phi) is 6.44. The Morgan fingerprint density at radius 3 is 2.25 bits per heavy atom. The zero-order chi connectivity index (χ0) is 20.8. The Bertz CT molecular complexity index is 981. The third-order valence-electron chi connectivity index (χ3n) is 4.13. The maximum atomic E-state index is 11.3. The highest BCUT2D eigenvalue weighted by molar-refractivity contribution is 5.90. The van der Waals surface area contributed by atoms with Crippen molar-refractivity contribution in [3.8, 4) is 0 Å². The van der Waals surface area contributed by atoms with Crippen LogP contribution < -0.4 is 0 Å². The average molecular weight is 381 g/mol. The molecule has 0 fully saturated rings. The average Bonchev–Trinajstić information content (AvgIpc) is 2.65. The zero-order valence-corrected chi connectivity index (χ0v) is 15.6. The van der Waals surface area contributed by atoms with Gasteiger partial charge in [0.25, 0.3) is 5.69 Å². The molecule has 0 atom stereocenters. The van der Waals surface area contributed by atoms with Crippen LogP contribution in [-0.2, 0) is 9.53 Å². The maximum Gasteiger partial charge on any atom is 0.335 e. The number of rotatable bonds is 6. The van der Waals surface area contributed by atoms with Crippen molar-refractivity contribution >= 4 is 35.9 Å². The van der Waals surface area contributed by atoms with Crippen molar-refractivity contribution in [1.29, 1.82) is 0 Å². The van der Waals surface area contributed by atoms with Crippen molar-refractivity contribution in [3.63, 3.8) is 0 Å². The number of nitrogens with zero attached hydrogens (tertiary/aromatic N) is 1. The molecule has 0 saturated heterocycles. The molecule has 2 rings (SSSR count). The summed E-state index contributed by atoms with van der Waals surface area (Å²) in [6.45, 7) is 3.79. The van der Waals surface area contributed by atoms with Gasteiger partial charge in [-0.15, -0.1) is 0 Å². The molecule has 0 saturated carbocycles. The number of hydrogen-bond donors (Lipinski definition) is 1. The van der Waals surface area contributed by atoms with Gasteiger partial charge in [-0.25, -0.2) is 9.59 Å². The van der Waals surface area contributed by atoms with Crippen LogP contribution in [0.5, 0.6) is 0 Å². The van der Waals surface area contributed by atoms with Gasteiger partial charge in [0.2, 0.25) is 0 Å². The quantitative estimate of drug-likeness (QED) is 0.263. The number of carboxylic acids is 1. The lowest BCUT2D eigenvalue weighted by Crippen LogP contribution is -1.99. The van der Waals surface area contributed by atoms with Crippen molar-refractivity contribution in [2.75, 3.05) is 7.11 Å². The van der Waals surface area contributed by atoms with Crippen molar-refractivity contribution < 1.29 is 24.4 Å². The number of methoxy groups -OCH3 is 1. The van der Waals surface area contributed by atoms with Crippen molar-refractivity contribution in [2.24, 2.45) is 0 Å². The summed E-state index contributed by atoms with van der Waals surface area (Å²) in [5, 5.41) is 20.3. The molecule has 2 aromatic carbocycles. The number of carboxylic acid groups (broad SMARTS) is 1. The number of esters is 1. The molecule has 0 aliphatic rings. The Hall–Kier alpha value is -3.74. The van der Waals surface area contributed by atoms with E-state index in [0.29, 0.717) is 5.56 Å². The van der Waals surface area contributed by atoms with Gasteiger partial charge in [-0.1, -0.05) is 18.2 Å². The van der Waals surface area contributed by atoms with Crippen LogP contribution >= 0.6 is 0 Å². The summed E-state index contributed by atoms with van der Waals surface area (Å²) in [4.78, 5) is 32.9. The number of ether oxygens (including phenoxy) is 1. The van der Waals surface area contributed by atoms with Gasteiger partial charge in [0, 0.05) is 12.1 Å². The standard InChI is InChI=1S/C21H19NO6/c1-13-10-15(4-9-20(23)28-3)11-14(2)18(13)8-7-16-5-6-17(21(24)25)12-19(16)22(26)27/h4-12H,1-3H3,(H,24,25). The van der Waals surface area contributed by atoms with Crippen LogP contribution in [0.1, 0.15) is 38.2 Å². The lowest BCUT2D eigenvalue weighted by molar-refractivity contribution is -0.385. The fourth-order valence-electron chi connectivity index (χ4n) is 2.75. The van der Waals surface area contributed by atoms with E-state index in [0.717, 1.165) is 28.3 Å². The summed E-state index contributed by atoms with van der Waals surface area (Å²) in [7, 11) is 1.30. The van der Waals surface area contributed by atoms with Crippen molar-refractivity contribution in [3.05, 3.63) is 79.9 Å². The van der Waals surface area contributed by atoms with Crippen LogP contribution in [0.15, 0.2) is 36.4 Å². The van der Waals surface area contributed by atoms with E-state index >= 15 is 0 Å². The molecule has 0 aliphatic carbocycles. The second-order valence-corrected chi connectivity index (χ2v) is 6.09. The maximum absolute atomic E-state index is 11.3. The Labute approximate surface area is 161 Å². The molecule has 0 radical (unpaired) electrons. The Morgan fingerprint density at radius 1 is 1.07 bits per heavy atom. The molecular formula is C21H19NO6. The predicted molar refractivity (Wildman–Crippen MR) is 106 cm³/mol. The molecule has 2 aromatic rings. The van der Waals surface area contributed by atoms with Gasteiger partial charge in [-0.3, -0.25) is 10.1 Å². The number of aryl methyl sites for hydroxylation is 2. The van der Waals surface area contributed by atoms with Gasteiger partial charge in [0.1, 0.15) is 0 Å². The molecule has 144 valence electrons. The normalized spacial score (nSPS) is 11.1. The lowest BCUT2D eigenvalue weighted by Gasteiger charge is -2.08. The SMILES string of the molecule is COC(=O)C=Cc1cc(C)c(C=Cc2ccc(C(=O)O)cc2[N+](=O)[O-])c(C)c1. The molecule has 7 nitrogen and oxygen atoms in total. The monoisotopic (exact) mass is 381 g/mol. The highest BCUT2D eigenvalue weighted by Gasteiger charge is 2.15. The molecule has 0 aliphatic heterocycles. The topological polar surface area (TPSA) is 107 Å². The van der Waals surface area contributed by atoms with E-state index in [9.17, 15) is 19.7 Å². The minimum Gasteiger partial charge on any atom is -0.478 e. The van der Waals surface area contributed by atoms with Crippen molar-refractivity contribution in [2.45, 2.75) is 13.8 Å². The van der Waals surface area contributed by atoms with Gasteiger partial charge in [0.05, 0.1) is 23.2 Å². The first kappa shape index (κ1) is 20.6. The number of nitro groups is 1. The molecule has 1 N–H and O–H groups in total. The Morgan fingerprint density at radius 2 is 1.71 bits per heavy atom. The molecule has 28 heavy (non-hydrogen) atoms. The summed E-state index contributed by atoms with van der Waals surface area (Å²) in [6.07, 6.45) is 6.32. The van der Waals surface area contributed by atoms with Gasteiger partial charge < -0.3 is 9.84 Å². The van der Waals surface area contributed by atoms with Gasteiger partial charge >= 0.3 is 11.9 Å². The van der Waals surface area contributed by atoms with E-state index in [2.05, 4.69) is 4.74 Å². The molecule has 7 heteroatoms. The fraction of sp³-hybridized carbons (Fsp3) is 0.143. The number of benzene rings is 2. The van der Waals surface area contributed by atoms with Crippen LogP contribution in [0.2, 0.25) is 0 Å². The van der Waals surface area contributed by atoms with Crippen molar-refractivity contribution in [1.82, 2.24) is 0 Å². The number of hydrogen-bond acceptors (Lipinski definition) is 5. The molecule has 0 aromatic heterocycles. The zero-order valence-electron chi connectivity index (χ0n) is 15.6. The van der Waals surface area contributed by atoms with E-state index in [-0.39, 0.29) is 11.3 Å². The van der Waals surface area contributed by atoms with Crippen LogP contribution in [0.3, 0.4) is 0 Å². The fourth-order valence-corrected chi connectivity index (χ4v) is 2.75. The van der Waals surface area contributed by atoms with E-state index in [4.69, 9.17) is 5.11 Å². The number of nitro benzene ring substituents is 1. The summed E-state index contributed by atoms with van der Waals surface area (Å²) >= 11 is 0. The van der Waals surface area contributed by atoms with Crippen LogP contribution in [-0.4, -0.2) is 29.1 Å². The molecule has 0 unspecified atom stereocenters. The second-order valence-electron chi connectivity index (χ2n) is 6.09. The smallest absolute Gasteiger partial charge is 0.335 e. The summed E-state index contributed by atoms with van der Waals surface area (Å²) in [6, 6.07) is 7.55. The minimum atomic E-state index is -1.22. The first-order valence-corrected chi connectivity index (χ1v) is 8.30. The highest BCUT2D eigenvalue weighted by Crippen LogP contribution is 2.25. The molecule has 0 bridgehead atoms. The third-order valence-corrected chi connectivity index (χ3v) is 4.13. The van der Waals surface area contributed by atoms with Crippen LogP contribution in [0, 0.1) is 24.0 Å². The van der Waals surface area contributed by atoms with Gasteiger partial charge in [-0.2, -0.15) is 0 Å². The summed E-state index contributed by atoms with van der Waals surface area (Å²) in [5.41, 5.74) is 3.45. The van der Waals surface area contributed by atoms with Crippen LogP contribution in [0.25, 0.3) is 18.2 Å². The molecule has 0 spiro atoms. The highest BCUT2D eigenvalue weighted by atomic mass is 16.6. The molecule has 0 amide bonds. The molecular weight excluding hydrogens is 362 g/mol. The summed E-state index contributed by atoms with van der Waals surface area (Å²) < 4.78 is 4.57. The Balaban J connectivity index is 2.39. The van der Waals surface area contributed by atoms with Gasteiger partial charge in [0.15, 0.2) is 0 Å². The van der Waals surface area contributed by atoms with E-state index in [1.54, 1.807) is 18.2 Å². The number of aromatic carboxylic acids is 1. The van der Waals surface area contributed by atoms with E-state index in [1.165, 1.54) is 25.3 Å². The first-order chi connectivity index (χ1) is 13.2. The minimum absolute atomic E-state index is 0.141. The summed E-state index contributed by atoms with van der Waals surface area (Å²) in [5.74, 6) is -1.67. The predicted octanol–water partition coefficient (Wildman–Crippen LogP) is 4.27. The number of carbonyl (C=O) groups excluding carboxylic acids is 1. The molecule has 0 heterocycles.